The third-order valence-electron chi connectivity index (χ3n) is 20.5. The number of unbranched alkanes of at least 4 members (excludes halogenated alkanes) is 69. The fourth-order valence-electron chi connectivity index (χ4n) is 13.9. The first kappa shape index (κ1) is 91.3. The number of hydrogen-bond donors (Lipinski definition) is 3. The predicted molar refractivity (Wildman–Crippen MR) is 412 cm³/mol. The molecule has 0 fully saturated rings. The van der Waals surface area contributed by atoms with E-state index in [9.17, 15) is 19.8 Å². The minimum Gasteiger partial charge on any atom is -0.466 e. The number of carbonyl (C=O) groups is 2. The van der Waals surface area contributed by atoms with Crippen molar-refractivity contribution in [1.82, 2.24) is 5.32 Å². The first-order chi connectivity index (χ1) is 46.0. The van der Waals surface area contributed by atoms with Gasteiger partial charge in [0.1, 0.15) is 0 Å². The molecule has 3 N–H and O–H groups in total. The summed E-state index contributed by atoms with van der Waals surface area (Å²) in [5.41, 5.74) is 0. The zero-order valence-electron chi connectivity index (χ0n) is 63.5. The molecular weight excluding hydrogens is 1140 g/mol. The molecule has 2 atom stereocenters. The van der Waals surface area contributed by atoms with Crippen molar-refractivity contribution in [3.63, 3.8) is 0 Å². The molecule has 0 spiro atoms. The van der Waals surface area contributed by atoms with Gasteiger partial charge in [0.2, 0.25) is 5.91 Å². The average molecular weight is 1310 g/mol. The normalized spacial score (nSPS) is 12.5. The van der Waals surface area contributed by atoms with Gasteiger partial charge in [-0.1, -0.05) is 449 Å². The van der Waals surface area contributed by atoms with Gasteiger partial charge in [-0.05, 0) is 57.8 Å². The smallest absolute Gasteiger partial charge is 0.305 e. The van der Waals surface area contributed by atoms with Crippen molar-refractivity contribution in [3.8, 4) is 0 Å². The summed E-state index contributed by atoms with van der Waals surface area (Å²) in [7, 11) is 0. The van der Waals surface area contributed by atoms with Crippen LogP contribution in [0.4, 0.5) is 0 Å². The van der Waals surface area contributed by atoms with Gasteiger partial charge in [0, 0.05) is 12.8 Å². The Balaban J connectivity index is 3.33. The van der Waals surface area contributed by atoms with E-state index in [1.807, 2.05) is 6.08 Å². The van der Waals surface area contributed by atoms with Crippen molar-refractivity contribution in [3.05, 3.63) is 24.3 Å². The van der Waals surface area contributed by atoms with Crippen molar-refractivity contribution in [2.45, 2.75) is 508 Å². The number of esters is 1. The van der Waals surface area contributed by atoms with Gasteiger partial charge in [-0.15, -0.1) is 0 Å². The van der Waals surface area contributed by atoms with Gasteiger partial charge in [0.15, 0.2) is 0 Å². The number of rotatable bonds is 82. The minimum atomic E-state index is -0.842. The lowest BCUT2D eigenvalue weighted by Gasteiger charge is -2.20. The van der Waals surface area contributed by atoms with E-state index >= 15 is 0 Å². The van der Waals surface area contributed by atoms with Crippen LogP contribution in [-0.2, 0) is 14.3 Å². The molecule has 93 heavy (non-hydrogen) atoms. The Labute approximate surface area is 583 Å². The molecule has 0 aliphatic carbocycles. The van der Waals surface area contributed by atoms with Crippen LogP contribution < -0.4 is 5.32 Å². The predicted octanol–water partition coefficient (Wildman–Crippen LogP) is 28.8. The number of nitrogens with one attached hydrogen (secondary N) is 1. The maximum Gasteiger partial charge on any atom is 0.305 e. The molecular formula is C87H169NO5. The fourth-order valence-corrected chi connectivity index (χ4v) is 13.9. The third kappa shape index (κ3) is 79.2. The maximum absolute atomic E-state index is 12.6. The van der Waals surface area contributed by atoms with Crippen LogP contribution in [0, 0.1) is 0 Å². The lowest BCUT2D eigenvalue weighted by atomic mass is 10.0. The number of ether oxygens (including phenoxy) is 1. The molecule has 552 valence electrons. The number of aliphatic hydroxyl groups excluding tert-OH is 2. The molecule has 0 rings (SSSR count). The van der Waals surface area contributed by atoms with Crippen molar-refractivity contribution in [2.24, 2.45) is 0 Å². The first-order valence-electron chi connectivity index (χ1n) is 43.1. The summed E-state index contributed by atoms with van der Waals surface area (Å²) < 4.78 is 5.51. The second-order valence-corrected chi connectivity index (χ2v) is 29.9. The molecule has 0 aliphatic rings. The highest BCUT2D eigenvalue weighted by Crippen LogP contribution is 2.21. The summed E-state index contributed by atoms with van der Waals surface area (Å²) in [6.07, 6.45) is 108. The van der Waals surface area contributed by atoms with Gasteiger partial charge in [-0.2, -0.15) is 0 Å². The Morgan fingerprint density at radius 1 is 0.290 bits per heavy atom. The molecule has 6 heteroatoms. The van der Waals surface area contributed by atoms with Gasteiger partial charge in [-0.3, -0.25) is 9.59 Å². The largest absolute Gasteiger partial charge is 0.466 e. The standard InChI is InChI=1S/C87H169NO5/c1-3-5-7-9-11-13-15-17-19-21-22-23-24-38-41-44-48-51-55-59-63-67-71-75-79-85(90)84(83-89)88-86(91)80-76-72-68-64-60-56-52-49-45-42-39-36-34-32-30-28-26-25-27-29-31-33-35-37-40-43-46-50-54-58-62-66-70-74-78-82-93-87(92)81-77-73-69-65-61-57-53-47-20-18-16-14-12-10-8-6-4-2/h18,20,75,79,84-85,89-90H,3-17,19,21-74,76-78,80-83H2,1-2H3,(H,88,91)/b20-18-,79-75+. The van der Waals surface area contributed by atoms with Crippen molar-refractivity contribution >= 4 is 11.9 Å². The van der Waals surface area contributed by atoms with E-state index in [2.05, 4.69) is 31.3 Å². The van der Waals surface area contributed by atoms with E-state index in [4.69, 9.17) is 4.74 Å². The van der Waals surface area contributed by atoms with Gasteiger partial charge >= 0.3 is 5.97 Å². The van der Waals surface area contributed by atoms with Crippen molar-refractivity contribution in [1.29, 1.82) is 0 Å². The Kier molecular flexibility index (Phi) is 81.3. The summed E-state index contributed by atoms with van der Waals surface area (Å²) in [5, 5.41) is 23.3. The first-order valence-corrected chi connectivity index (χ1v) is 43.1. The highest BCUT2D eigenvalue weighted by Gasteiger charge is 2.18. The Bertz CT molecular complexity index is 1460. The summed E-state index contributed by atoms with van der Waals surface area (Å²) in [6, 6.07) is -0.625. The van der Waals surface area contributed by atoms with E-state index in [-0.39, 0.29) is 18.5 Å². The summed E-state index contributed by atoms with van der Waals surface area (Å²) in [4.78, 5) is 24.7. The zero-order valence-corrected chi connectivity index (χ0v) is 63.5. The summed E-state index contributed by atoms with van der Waals surface area (Å²) >= 11 is 0. The topological polar surface area (TPSA) is 95.9 Å². The number of hydrogen-bond acceptors (Lipinski definition) is 5. The Morgan fingerprint density at radius 3 is 0.763 bits per heavy atom. The number of carbonyl (C=O) groups excluding carboxylic acids is 2. The van der Waals surface area contributed by atoms with Crippen molar-refractivity contribution in [2.75, 3.05) is 13.2 Å². The molecule has 0 aromatic heterocycles. The number of aliphatic hydroxyl groups is 2. The molecule has 0 heterocycles. The highest BCUT2D eigenvalue weighted by atomic mass is 16.5. The molecule has 0 aromatic rings. The number of allylic oxidation sites excluding steroid dienone is 3. The van der Waals surface area contributed by atoms with Crippen molar-refractivity contribution < 1.29 is 24.5 Å². The van der Waals surface area contributed by atoms with Crippen LogP contribution in [-0.4, -0.2) is 47.4 Å². The molecule has 2 unspecified atom stereocenters. The lowest BCUT2D eigenvalue weighted by Crippen LogP contribution is -2.45. The van der Waals surface area contributed by atoms with E-state index in [0.717, 1.165) is 38.5 Å². The van der Waals surface area contributed by atoms with E-state index in [0.29, 0.717) is 19.4 Å². The molecule has 0 aliphatic heterocycles. The molecule has 0 bridgehead atoms. The van der Waals surface area contributed by atoms with Crippen LogP contribution in [0.15, 0.2) is 24.3 Å². The van der Waals surface area contributed by atoms with E-state index in [1.165, 1.54) is 430 Å². The van der Waals surface area contributed by atoms with E-state index in [1.54, 1.807) is 6.08 Å². The van der Waals surface area contributed by atoms with E-state index < -0.39 is 12.1 Å². The lowest BCUT2D eigenvalue weighted by molar-refractivity contribution is -0.143. The quantitative estimate of drug-likeness (QED) is 0.0320. The van der Waals surface area contributed by atoms with Crippen LogP contribution >= 0.6 is 0 Å². The molecule has 0 radical (unpaired) electrons. The van der Waals surface area contributed by atoms with Gasteiger partial charge in [0.05, 0.1) is 25.4 Å². The number of amides is 1. The average Bonchev–Trinajstić information content (AvgIpc) is 3.78. The zero-order chi connectivity index (χ0) is 67.0. The van der Waals surface area contributed by atoms with Gasteiger partial charge in [-0.25, -0.2) is 0 Å². The third-order valence-corrected chi connectivity index (χ3v) is 20.5. The summed E-state index contributed by atoms with van der Waals surface area (Å²) in [6.45, 7) is 4.96. The molecule has 6 nitrogen and oxygen atoms in total. The molecule has 1 amide bonds. The maximum atomic E-state index is 12.6. The second kappa shape index (κ2) is 82.8. The second-order valence-electron chi connectivity index (χ2n) is 29.9. The molecule has 0 saturated carbocycles. The Morgan fingerprint density at radius 2 is 0.505 bits per heavy atom. The minimum absolute atomic E-state index is 0.0202. The van der Waals surface area contributed by atoms with Crippen LogP contribution in [0.5, 0.6) is 0 Å². The van der Waals surface area contributed by atoms with Crippen LogP contribution in [0.3, 0.4) is 0 Å². The highest BCUT2D eigenvalue weighted by molar-refractivity contribution is 5.76. The monoisotopic (exact) mass is 1310 g/mol. The molecule has 0 aromatic carbocycles. The van der Waals surface area contributed by atoms with Gasteiger partial charge in [0.25, 0.3) is 0 Å². The Hall–Kier alpha value is -1.66. The van der Waals surface area contributed by atoms with Crippen LogP contribution in [0.25, 0.3) is 0 Å². The summed E-state index contributed by atoms with van der Waals surface area (Å²) in [5.74, 6) is -0.0366. The van der Waals surface area contributed by atoms with Crippen LogP contribution in [0.1, 0.15) is 495 Å². The molecule has 0 saturated heterocycles. The van der Waals surface area contributed by atoms with Gasteiger partial charge < -0.3 is 20.3 Å². The SMILES string of the molecule is CCCCCCCC/C=C\CCCCCCCCCC(=O)OCCCCCCCCCCCCCCCCCCCCCCCCCCCCCCCCCCCCCC(=O)NC(CO)C(O)/C=C/CCCCCCCCCCCCCCCCCCCCCCCC. The van der Waals surface area contributed by atoms with Crippen LogP contribution in [0.2, 0.25) is 0 Å². The fraction of sp³-hybridized carbons (Fsp3) is 0.931.